The number of benzene rings is 1. The average Bonchev–Trinajstić information content (AvgIpc) is 3.02. The maximum absolute atomic E-state index is 11.9. The second-order valence-corrected chi connectivity index (χ2v) is 6.46. The second kappa shape index (κ2) is 5.83. The zero-order valence-electron chi connectivity index (χ0n) is 11.1. The molecule has 2 aromatic rings. The molecule has 1 fully saturated rings. The number of aromatic nitrogens is 1. The summed E-state index contributed by atoms with van der Waals surface area (Å²) in [6.07, 6.45) is 0.303. The van der Waals surface area contributed by atoms with Crippen LogP contribution >= 0.6 is 34.5 Å². The SMILES string of the molecule is O=C(CN1C(=O)CCC1=O)Nc1nc2c(Cl)ccc(Cl)c2s1. The Labute approximate surface area is 139 Å². The van der Waals surface area contributed by atoms with Crippen LogP contribution in [0.25, 0.3) is 10.2 Å². The van der Waals surface area contributed by atoms with Crippen LogP contribution in [0.1, 0.15) is 12.8 Å². The molecule has 1 aromatic heterocycles. The third-order valence-corrected chi connectivity index (χ3v) is 4.89. The van der Waals surface area contributed by atoms with Crippen LogP contribution in [0.5, 0.6) is 0 Å². The Kier molecular flexibility index (Phi) is 4.03. The van der Waals surface area contributed by atoms with E-state index in [1.165, 1.54) is 11.3 Å². The lowest BCUT2D eigenvalue weighted by atomic mass is 10.3. The second-order valence-electron chi connectivity index (χ2n) is 4.65. The number of carbonyl (C=O) groups excluding carboxylic acids is 3. The largest absolute Gasteiger partial charge is 0.300 e. The number of imide groups is 1. The fourth-order valence-electron chi connectivity index (χ4n) is 2.10. The number of hydrogen-bond acceptors (Lipinski definition) is 5. The van der Waals surface area contributed by atoms with Crippen molar-refractivity contribution >= 4 is 67.6 Å². The molecular weight excluding hydrogens is 349 g/mol. The summed E-state index contributed by atoms with van der Waals surface area (Å²) in [5, 5.41) is 3.79. The van der Waals surface area contributed by atoms with Gasteiger partial charge in [0.25, 0.3) is 0 Å². The Morgan fingerprint density at radius 3 is 2.50 bits per heavy atom. The fraction of sp³-hybridized carbons (Fsp3) is 0.231. The van der Waals surface area contributed by atoms with Gasteiger partial charge in [-0.25, -0.2) is 4.98 Å². The monoisotopic (exact) mass is 357 g/mol. The molecule has 6 nitrogen and oxygen atoms in total. The zero-order valence-corrected chi connectivity index (χ0v) is 13.4. The van der Waals surface area contributed by atoms with Gasteiger partial charge in [-0.3, -0.25) is 19.3 Å². The molecule has 114 valence electrons. The van der Waals surface area contributed by atoms with Crippen molar-refractivity contribution in [3.63, 3.8) is 0 Å². The highest BCUT2D eigenvalue weighted by Gasteiger charge is 2.30. The van der Waals surface area contributed by atoms with Crippen molar-refractivity contribution in [1.29, 1.82) is 0 Å². The molecule has 2 heterocycles. The number of amides is 3. The molecule has 0 atom stereocenters. The molecule has 1 N–H and O–H groups in total. The zero-order chi connectivity index (χ0) is 15.9. The number of nitrogens with one attached hydrogen (secondary N) is 1. The minimum atomic E-state index is -0.491. The lowest BCUT2D eigenvalue weighted by Gasteiger charge is -2.12. The van der Waals surface area contributed by atoms with E-state index < -0.39 is 5.91 Å². The van der Waals surface area contributed by atoms with Gasteiger partial charge in [-0.05, 0) is 12.1 Å². The van der Waals surface area contributed by atoms with Crippen molar-refractivity contribution in [3.8, 4) is 0 Å². The summed E-state index contributed by atoms with van der Waals surface area (Å²) in [7, 11) is 0. The first-order chi connectivity index (χ1) is 10.5. The fourth-order valence-corrected chi connectivity index (χ4v) is 3.54. The Bertz CT molecular complexity index is 750. The van der Waals surface area contributed by atoms with Gasteiger partial charge in [0.1, 0.15) is 12.1 Å². The molecule has 0 unspecified atom stereocenters. The minimum Gasteiger partial charge on any atom is -0.300 e. The van der Waals surface area contributed by atoms with Crippen molar-refractivity contribution in [2.75, 3.05) is 11.9 Å². The molecule has 3 amide bonds. The van der Waals surface area contributed by atoms with E-state index in [-0.39, 0.29) is 31.2 Å². The number of hydrogen-bond donors (Lipinski definition) is 1. The third kappa shape index (κ3) is 2.79. The summed E-state index contributed by atoms with van der Waals surface area (Å²) in [6.45, 7) is -0.310. The van der Waals surface area contributed by atoms with Crippen LogP contribution in [0.3, 0.4) is 0 Å². The van der Waals surface area contributed by atoms with Crippen molar-refractivity contribution < 1.29 is 14.4 Å². The van der Waals surface area contributed by atoms with Gasteiger partial charge in [0.05, 0.1) is 14.7 Å². The van der Waals surface area contributed by atoms with E-state index in [9.17, 15) is 14.4 Å². The van der Waals surface area contributed by atoms with E-state index in [0.717, 1.165) is 4.90 Å². The molecule has 9 heteroatoms. The van der Waals surface area contributed by atoms with Crippen LogP contribution in [0.2, 0.25) is 10.0 Å². The molecule has 0 bridgehead atoms. The van der Waals surface area contributed by atoms with Crippen molar-refractivity contribution in [3.05, 3.63) is 22.2 Å². The van der Waals surface area contributed by atoms with Gasteiger partial charge in [0.2, 0.25) is 17.7 Å². The number of halogens is 2. The van der Waals surface area contributed by atoms with Gasteiger partial charge < -0.3 is 5.32 Å². The first-order valence-electron chi connectivity index (χ1n) is 6.33. The number of thiazole rings is 1. The molecule has 22 heavy (non-hydrogen) atoms. The Hall–Kier alpha value is -1.70. The minimum absolute atomic E-state index is 0.151. The summed E-state index contributed by atoms with van der Waals surface area (Å²) in [6, 6.07) is 3.27. The van der Waals surface area contributed by atoms with Crippen molar-refractivity contribution in [2.45, 2.75) is 12.8 Å². The van der Waals surface area contributed by atoms with Crippen molar-refractivity contribution in [1.82, 2.24) is 9.88 Å². The average molecular weight is 358 g/mol. The van der Waals surface area contributed by atoms with Crippen LogP contribution < -0.4 is 5.32 Å². The summed E-state index contributed by atoms with van der Waals surface area (Å²) < 4.78 is 0.665. The predicted octanol–water partition coefficient (Wildman–Crippen LogP) is 2.69. The molecule has 3 rings (SSSR count). The molecule has 1 aromatic carbocycles. The molecule has 1 aliphatic heterocycles. The highest BCUT2D eigenvalue weighted by Crippen LogP contribution is 2.35. The van der Waals surface area contributed by atoms with Crippen LogP contribution in [0.4, 0.5) is 5.13 Å². The lowest BCUT2D eigenvalue weighted by molar-refractivity contribution is -0.141. The van der Waals surface area contributed by atoms with Gasteiger partial charge in [0, 0.05) is 12.8 Å². The number of nitrogens with zero attached hydrogens (tertiary/aromatic N) is 2. The Morgan fingerprint density at radius 1 is 1.23 bits per heavy atom. The topological polar surface area (TPSA) is 79.4 Å². The van der Waals surface area contributed by atoms with Crippen molar-refractivity contribution in [2.24, 2.45) is 0 Å². The highest BCUT2D eigenvalue weighted by molar-refractivity contribution is 7.23. The highest BCUT2D eigenvalue weighted by atomic mass is 35.5. The summed E-state index contributed by atoms with van der Waals surface area (Å²) in [5.41, 5.74) is 0.503. The number of anilines is 1. The molecule has 0 radical (unpaired) electrons. The van der Waals surface area contributed by atoms with Crippen LogP contribution in [0, 0.1) is 0 Å². The Balaban J connectivity index is 1.77. The van der Waals surface area contributed by atoms with E-state index in [1.54, 1.807) is 12.1 Å². The normalized spacial score (nSPS) is 14.9. The number of likely N-dealkylation sites (tertiary alicyclic amines) is 1. The summed E-state index contributed by atoms with van der Waals surface area (Å²) >= 11 is 13.3. The van der Waals surface area contributed by atoms with Gasteiger partial charge >= 0.3 is 0 Å². The first-order valence-corrected chi connectivity index (χ1v) is 7.90. The van der Waals surface area contributed by atoms with E-state index in [1.807, 2.05) is 0 Å². The van der Waals surface area contributed by atoms with E-state index in [4.69, 9.17) is 23.2 Å². The van der Waals surface area contributed by atoms with Gasteiger partial charge in [-0.2, -0.15) is 0 Å². The molecule has 0 spiro atoms. The van der Waals surface area contributed by atoms with Crippen LogP contribution in [-0.4, -0.2) is 34.2 Å². The number of rotatable bonds is 3. The van der Waals surface area contributed by atoms with Crippen LogP contribution in [0.15, 0.2) is 12.1 Å². The Morgan fingerprint density at radius 2 is 1.86 bits per heavy atom. The quantitative estimate of drug-likeness (QED) is 0.856. The summed E-state index contributed by atoms with van der Waals surface area (Å²) in [5.74, 6) is -1.17. The number of fused-ring (bicyclic) bond motifs is 1. The molecular formula is C13H9Cl2N3O3S. The molecule has 1 aliphatic rings. The molecule has 1 saturated heterocycles. The third-order valence-electron chi connectivity index (χ3n) is 3.15. The standard InChI is InChI=1S/C13H9Cl2N3O3S/c14-6-1-2-7(15)12-11(6)17-13(22-12)16-8(19)5-18-9(20)3-4-10(18)21/h1-2H,3-5H2,(H,16,17,19). The van der Waals surface area contributed by atoms with E-state index in [2.05, 4.69) is 10.3 Å². The van der Waals surface area contributed by atoms with E-state index >= 15 is 0 Å². The molecule has 0 aliphatic carbocycles. The predicted molar refractivity (Wildman–Crippen MR) is 84.2 cm³/mol. The van der Waals surface area contributed by atoms with Gasteiger partial charge in [-0.15, -0.1) is 0 Å². The van der Waals surface area contributed by atoms with Gasteiger partial charge in [0.15, 0.2) is 5.13 Å². The summed E-state index contributed by atoms with van der Waals surface area (Å²) in [4.78, 5) is 40.1. The number of carbonyl (C=O) groups is 3. The van der Waals surface area contributed by atoms with Crippen LogP contribution in [-0.2, 0) is 14.4 Å². The van der Waals surface area contributed by atoms with E-state index in [0.29, 0.717) is 25.4 Å². The maximum atomic E-state index is 11.9. The van der Waals surface area contributed by atoms with Gasteiger partial charge in [-0.1, -0.05) is 34.5 Å². The molecule has 0 saturated carbocycles. The lowest BCUT2D eigenvalue weighted by Crippen LogP contribution is -2.36. The smallest absolute Gasteiger partial charge is 0.246 e. The maximum Gasteiger partial charge on any atom is 0.246 e. The first kappa shape index (κ1) is 15.2.